The van der Waals surface area contributed by atoms with Gasteiger partial charge in [0.2, 0.25) is 0 Å². The first-order valence-corrected chi connectivity index (χ1v) is 8.83. The van der Waals surface area contributed by atoms with E-state index in [0.29, 0.717) is 16.6 Å². The van der Waals surface area contributed by atoms with Crippen LogP contribution in [-0.4, -0.2) is 26.2 Å². The van der Waals surface area contributed by atoms with Gasteiger partial charge in [0.1, 0.15) is 17.0 Å². The molecule has 0 amide bonds. The molecule has 0 unspecified atom stereocenters. The van der Waals surface area contributed by atoms with E-state index in [2.05, 4.69) is 20.2 Å². The average molecular weight is 384 g/mol. The van der Waals surface area contributed by atoms with Crippen molar-refractivity contribution in [1.29, 1.82) is 0 Å². The Morgan fingerprint density at radius 1 is 1.00 bits per heavy atom. The Morgan fingerprint density at radius 2 is 1.79 bits per heavy atom. The van der Waals surface area contributed by atoms with E-state index < -0.39 is 5.97 Å². The van der Waals surface area contributed by atoms with Crippen molar-refractivity contribution in [2.75, 3.05) is 0 Å². The maximum atomic E-state index is 10.9. The fraction of sp³-hybridized carbons (Fsp3) is 0.0455. The van der Waals surface area contributed by atoms with E-state index in [-0.39, 0.29) is 17.1 Å². The van der Waals surface area contributed by atoms with E-state index in [1.807, 2.05) is 43.3 Å². The second-order valence-corrected chi connectivity index (χ2v) is 6.41. The van der Waals surface area contributed by atoms with Crippen LogP contribution in [0.5, 0.6) is 5.75 Å². The molecule has 0 aliphatic heterocycles. The highest BCUT2D eigenvalue weighted by molar-refractivity contribution is 6.03. The molecule has 0 bridgehead atoms. The number of carboxylic acids is 1. The fourth-order valence-corrected chi connectivity index (χ4v) is 3.04. The first-order valence-electron chi connectivity index (χ1n) is 8.83. The van der Waals surface area contributed by atoms with Gasteiger partial charge in [-0.1, -0.05) is 30.3 Å². The molecule has 0 saturated heterocycles. The molecular weight excluding hydrogens is 368 g/mol. The van der Waals surface area contributed by atoms with E-state index >= 15 is 0 Å². The molecule has 2 aromatic carbocycles. The Morgan fingerprint density at radius 3 is 2.48 bits per heavy atom. The Balaban J connectivity index is 1.83. The molecule has 0 saturated carbocycles. The van der Waals surface area contributed by atoms with Gasteiger partial charge in [0.25, 0.3) is 0 Å². The number of rotatable bonds is 4. The van der Waals surface area contributed by atoms with Gasteiger partial charge in [0.05, 0.1) is 10.9 Å². The van der Waals surface area contributed by atoms with Crippen molar-refractivity contribution in [3.05, 3.63) is 78.1 Å². The van der Waals surface area contributed by atoms with Crippen LogP contribution in [-0.2, 0) is 0 Å². The minimum absolute atomic E-state index is 0.0730. The monoisotopic (exact) mass is 384 g/mol. The Kier molecular flexibility index (Phi) is 4.70. The number of carboxylic acid groups (broad SMARTS) is 1. The van der Waals surface area contributed by atoms with Crippen LogP contribution in [0, 0.1) is 6.92 Å². The quantitative estimate of drug-likeness (QED) is 0.456. The zero-order valence-corrected chi connectivity index (χ0v) is 15.4. The predicted molar refractivity (Wildman–Crippen MR) is 109 cm³/mol. The van der Waals surface area contributed by atoms with Crippen LogP contribution in [0.3, 0.4) is 0 Å². The van der Waals surface area contributed by atoms with Crippen molar-refractivity contribution in [2.24, 2.45) is 10.2 Å². The molecule has 0 aliphatic carbocycles. The van der Waals surface area contributed by atoms with E-state index in [9.17, 15) is 9.90 Å². The molecule has 142 valence electrons. The number of hydrogen-bond donors (Lipinski definition) is 2. The molecule has 0 fully saturated rings. The molecule has 2 heterocycles. The summed E-state index contributed by atoms with van der Waals surface area (Å²) in [5.74, 6) is -0.681. The first kappa shape index (κ1) is 18.2. The van der Waals surface area contributed by atoms with Gasteiger partial charge < -0.3 is 10.2 Å². The molecule has 7 heteroatoms. The van der Waals surface area contributed by atoms with Crippen LogP contribution in [0.15, 0.2) is 77.1 Å². The number of carbonyl (C=O) groups is 1. The summed E-state index contributed by atoms with van der Waals surface area (Å²) in [6, 6.07) is 17.7. The van der Waals surface area contributed by atoms with Crippen molar-refractivity contribution >= 4 is 28.4 Å². The minimum atomic E-state index is -1.06. The lowest BCUT2D eigenvalue weighted by Gasteiger charge is -2.11. The summed E-state index contributed by atoms with van der Waals surface area (Å²) in [4.78, 5) is 19.5. The summed E-state index contributed by atoms with van der Waals surface area (Å²) < 4.78 is 0. The van der Waals surface area contributed by atoms with E-state index in [1.165, 1.54) is 18.3 Å². The van der Waals surface area contributed by atoms with Gasteiger partial charge >= 0.3 is 5.97 Å². The van der Waals surface area contributed by atoms with Gasteiger partial charge in [0, 0.05) is 11.9 Å². The number of phenolic OH excluding ortho intramolecular Hbond substituents is 1. The molecule has 4 rings (SSSR count). The molecule has 0 atom stereocenters. The summed E-state index contributed by atoms with van der Waals surface area (Å²) in [5, 5.41) is 28.4. The smallest absolute Gasteiger partial charge is 0.337 e. The Bertz CT molecular complexity index is 1240. The van der Waals surface area contributed by atoms with Crippen molar-refractivity contribution in [2.45, 2.75) is 6.92 Å². The van der Waals surface area contributed by atoms with Gasteiger partial charge in [-0.25, -0.2) is 9.78 Å². The average Bonchev–Trinajstić information content (AvgIpc) is 2.73. The molecule has 0 aliphatic rings. The van der Waals surface area contributed by atoms with Crippen LogP contribution in [0.1, 0.15) is 16.1 Å². The maximum absolute atomic E-state index is 10.9. The standard InChI is InChI=1S/C22H16N4O3/c1-13-11-16(14-5-3-2-4-6-14)20-18(27)9-8-17(21(20)24-13)25-26-19-10-7-15(12-23-19)22(28)29/h2-12,27H,1H3,(H,28,29). The number of hydrogen-bond acceptors (Lipinski definition) is 6. The summed E-state index contributed by atoms with van der Waals surface area (Å²) in [6.45, 7) is 1.88. The number of benzene rings is 2. The van der Waals surface area contributed by atoms with Crippen LogP contribution >= 0.6 is 0 Å². The topological polar surface area (TPSA) is 108 Å². The number of aromatic hydroxyl groups is 1. The third-order valence-electron chi connectivity index (χ3n) is 4.39. The summed E-state index contributed by atoms with van der Waals surface area (Å²) in [5.41, 5.74) is 3.66. The molecule has 2 aromatic heterocycles. The first-order chi connectivity index (χ1) is 14.0. The van der Waals surface area contributed by atoms with Crippen molar-refractivity contribution in [1.82, 2.24) is 9.97 Å². The lowest BCUT2D eigenvalue weighted by atomic mass is 9.99. The molecular formula is C22H16N4O3. The van der Waals surface area contributed by atoms with E-state index in [0.717, 1.165) is 16.8 Å². The highest BCUT2D eigenvalue weighted by Gasteiger charge is 2.14. The molecule has 7 nitrogen and oxygen atoms in total. The fourth-order valence-electron chi connectivity index (χ4n) is 3.04. The molecule has 29 heavy (non-hydrogen) atoms. The lowest BCUT2D eigenvalue weighted by Crippen LogP contribution is -1.95. The highest BCUT2D eigenvalue weighted by atomic mass is 16.4. The number of phenols is 1. The lowest BCUT2D eigenvalue weighted by molar-refractivity contribution is 0.0696. The molecule has 0 radical (unpaired) electrons. The number of aryl methyl sites for hydroxylation is 1. The second-order valence-electron chi connectivity index (χ2n) is 6.41. The minimum Gasteiger partial charge on any atom is -0.507 e. The molecule has 4 aromatic rings. The van der Waals surface area contributed by atoms with Crippen LogP contribution in [0.4, 0.5) is 11.5 Å². The number of pyridine rings is 2. The van der Waals surface area contributed by atoms with Crippen LogP contribution in [0.25, 0.3) is 22.0 Å². The third kappa shape index (κ3) is 3.66. The van der Waals surface area contributed by atoms with Crippen LogP contribution < -0.4 is 0 Å². The number of azo groups is 1. The number of fused-ring (bicyclic) bond motifs is 1. The van der Waals surface area contributed by atoms with Gasteiger partial charge in [-0.15, -0.1) is 10.2 Å². The normalized spacial score (nSPS) is 11.2. The zero-order chi connectivity index (χ0) is 20.4. The Hall–Kier alpha value is -4.13. The molecule has 2 N–H and O–H groups in total. The van der Waals surface area contributed by atoms with Gasteiger partial charge in [-0.2, -0.15) is 0 Å². The second kappa shape index (κ2) is 7.47. The van der Waals surface area contributed by atoms with Crippen LogP contribution in [0.2, 0.25) is 0 Å². The van der Waals surface area contributed by atoms with Crippen molar-refractivity contribution in [3.63, 3.8) is 0 Å². The number of aromatic carboxylic acids is 1. The largest absolute Gasteiger partial charge is 0.507 e. The van der Waals surface area contributed by atoms with E-state index in [1.54, 1.807) is 12.1 Å². The zero-order valence-electron chi connectivity index (χ0n) is 15.4. The van der Waals surface area contributed by atoms with E-state index in [4.69, 9.17) is 5.11 Å². The predicted octanol–water partition coefficient (Wildman–Crippen LogP) is 5.42. The number of nitrogens with zero attached hydrogens (tertiary/aromatic N) is 4. The number of aromatic nitrogens is 2. The summed E-state index contributed by atoms with van der Waals surface area (Å²) in [6.07, 6.45) is 1.22. The highest BCUT2D eigenvalue weighted by Crippen LogP contribution is 2.39. The van der Waals surface area contributed by atoms with Gasteiger partial charge in [-0.05, 0) is 48.4 Å². The van der Waals surface area contributed by atoms with Gasteiger partial charge in [0.15, 0.2) is 5.82 Å². The maximum Gasteiger partial charge on any atom is 0.337 e. The van der Waals surface area contributed by atoms with Gasteiger partial charge in [-0.3, -0.25) is 4.98 Å². The summed E-state index contributed by atoms with van der Waals surface area (Å²) >= 11 is 0. The third-order valence-corrected chi connectivity index (χ3v) is 4.39. The molecule has 0 spiro atoms. The SMILES string of the molecule is Cc1cc(-c2ccccc2)c2c(O)ccc(N=Nc3ccc(C(=O)O)cn3)c2n1. The summed E-state index contributed by atoms with van der Waals surface area (Å²) in [7, 11) is 0. The van der Waals surface area contributed by atoms with Crippen molar-refractivity contribution in [3.8, 4) is 16.9 Å². The Labute approximate surface area is 166 Å². The van der Waals surface area contributed by atoms with Crippen molar-refractivity contribution < 1.29 is 15.0 Å².